The van der Waals surface area contributed by atoms with Gasteiger partial charge in [-0.2, -0.15) is 0 Å². The van der Waals surface area contributed by atoms with E-state index in [4.69, 9.17) is 27.6 Å². The van der Waals surface area contributed by atoms with Gasteiger partial charge in [0.05, 0.1) is 16.0 Å². The fraction of sp³-hybridized carbons (Fsp3) is 0.0526. The van der Waals surface area contributed by atoms with Gasteiger partial charge in [0.15, 0.2) is 5.13 Å². The Bertz CT molecular complexity index is 2170. The van der Waals surface area contributed by atoms with Gasteiger partial charge in [-0.25, -0.2) is 4.98 Å². The Balaban J connectivity index is 1.10. The molecular weight excluding hydrogens is 711 g/mol. The number of carbonyl (C=O) groups excluding carboxylic acids is 3. The second kappa shape index (κ2) is 16.1. The minimum atomic E-state index is -0.539. The number of aromatic nitrogens is 1. The van der Waals surface area contributed by atoms with Gasteiger partial charge in [0.25, 0.3) is 11.8 Å². The van der Waals surface area contributed by atoms with Crippen molar-refractivity contribution in [2.75, 3.05) is 10.6 Å². The first-order valence-electron chi connectivity index (χ1n) is 15.2. The van der Waals surface area contributed by atoms with Crippen LogP contribution in [0.25, 0.3) is 28.7 Å². The number of hydrogen-bond acceptors (Lipinski definition) is 7. The number of halogens is 2. The van der Waals surface area contributed by atoms with Gasteiger partial charge in [0.2, 0.25) is 5.91 Å². The number of benzene rings is 4. The summed E-state index contributed by atoms with van der Waals surface area (Å²) in [5, 5.41) is 11.3. The van der Waals surface area contributed by atoms with Crippen molar-refractivity contribution in [2.45, 2.75) is 17.1 Å². The van der Waals surface area contributed by atoms with Gasteiger partial charge in [-0.3, -0.25) is 14.4 Å². The first-order valence-corrected chi connectivity index (χ1v) is 17.8. The molecule has 0 saturated carbocycles. The zero-order chi connectivity index (χ0) is 35.0. The van der Waals surface area contributed by atoms with Crippen molar-refractivity contribution < 1.29 is 18.8 Å². The molecule has 0 radical (unpaired) electrons. The van der Waals surface area contributed by atoms with E-state index in [-0.39, 0.29) is 11.6 Å². The number of amides is 3. The summed E-state index contributed by atoms with van der Waals surface area (Å²) in [6, 6.07) is 34.0. The molecule has 2 heterocycles. The molecule has 0 spiro atoms. The fourth-order valence-corrected chi connectivity index (χ4v) is 6.79. The lowest BCUT2D eigenvalue weighted by molar-refractivity contribution is -0.115. The molecule has 0 aliphatic rings. The van der Waals surface area contributed by atoms with Gasteiger partial charge in [-0.15, -0.1) is 23.1 Å². The number of rotatable bonds is 11. The fourth-order valence-electron chi connectivity index (χ4n) is 4.70. The zero-order valence-electron chi connectivity index (χ0n) is 26.4. The number of hydrogen-bond donors (Lipinski definition) is 3. The molecule has 250 valence electrons. The minimum absolute atomic E-state index is 0.000220. The van der Waals surface area contributed by atoms with E-state index in [1.165, 1.54) is 29.2 Å². The standard InChI is InChI=1S/C38H28Cl2N4O4S2/c1-23(35(45)44-38-43-33(22-49-38)30-18-12-26(39)20-31(30)40)50-29-16-13-27(14-17-29)41-37(47)32(42-36(46)25-10-6-3-7-11-25)21-28-15-19-34(48-28)24-8-4-2-5-9-24/h2-23H,1H3,(H,41,47)(H,42,46)(H,43,44,45)/b32-21+/t23-/m1/s1. The molecule has 3 N–H and O–H groups in total. The molecule has 2 aromatic heterocycles. The van der Waals surface area contributed by atoms with Crippen LogP contribution in [0.5, 0.6) is 0 Å². The summed E-state index contributed by atoms with van der Waals surface area (Å²) in [4.78, 5) is 44.8. The molecule has 0 unspecified atom stereocenters. The SMILES string of the molecule is C[C@@H](Sc1ccc(NC(=O)/C(=C\c2ccc(-c3ccccc3)o2)NC(=O)c2ccccc2)cc1)C(=O)Nc1nc(-c2ccc(Cl)cc2Cl)cs1. The number of furan rings is 1. The smallest absolute Gasteiger partial charge is 0.272 e. The highest BCUT2D eigenvalue weighted by molar-refractivity contribution is 8.00. The monoisotopic (exact) mass is 738 g/mol. The van der Waals surface area contributed by atoms with E-state index in [1.807, 2.05) is 35.7 Å². The van der Waals surface area contributed by atoms with Gasteiger partial charge in [-0.1, -0.05) is 71.7 Å². The summed E-state index contributed by atoms with van der Waals surface area (Å²) >= 11 is 15.0. The summed E-state index contributed by atoms with van der Waals surface area (Å²) in [7, 11) is 0. The maximum absolute atomic E-state index is 13.5. The summed E-state index contributed by atoms with van der Waals surface area (Å²) in [5.41, 5.74) is 3.15. The number of thioether (sulfide) groups is 1. The Hall–Kier alpha value is -5.13. The van der Waals surface area contributed by atoms with Crippen molar-refractivity contribution in [3.63, 3.8) is 0 Å². The molecule has 0 fully saturated rings. The molecule has 3 amide bonds. The van der Waals surface area contributed by atoms with Crippen LogP contribution in [-0.2, 0) is 9.59 Å². The van der Waals surface area contributed by atoms with Crippen molar-refractivity contribution in [3.05, 3.63) is 148 Å². The Morgan fingerprint density at radius 1 is 0.860 bits per heavy atom. The van der Waals surface area contributed by atoms with Crippen molar-refractivity contribution in [1.82, 2.24) is 10.3 Å². The Kier molecular flexibility index (Phi) is 11.1. The van der Waals surface area contributed by atoms with Gasteiger partial charge < -0.3 is 20.4 Å². The van der Waals surface area contributed by atoms with Gasteiger partial charge in [-0.05, 0) is 73.7 Å². The van der Waals surface area contributed by atoms with E-state index in [2.05, 4.69) is 20.9 Å². The predicted molar refractivity (Wildman–Crippen MR) is 203 cm³/mol. The van der Waals surface area contributed by atoms with E-state index in [0.717, 1.165) is 16.0 Å². The third-order valence-electron chi connectivity index (χ3n) is 7.24. The van der Waals surface area contributed by atoms with Gasteiger partial charge in [0, 0.05) is 43.8 Å². The maximum Gasteiger partial charge on any atom is 0.272 e. The molecule has 0 bridgehead atoms. The molecule has 0 aliphatic carbocycles. The first-order chi connectivity index (χ1) is 24.2. The molecule has 0 saturated heterocycles. The summed E-state index contributed by atoms with van der Waals surface area (Å²) < 4.78 is 5.97. The Labute approximate surface area is 306 Å². The number of nitrogens with one attached hydrogen (secondary N) is 3. The lowest BCUT2D eigenvalue weighted by Gasteiger charge is -2.13. The van der Waals surface area contributed by atoms with Crippen LogP contribution in [0.3, 0.4) is 0 Å². The van der Waals surface area contributed by atoms with Crippen LogP contribution >= 0.6 is 46.3 Å². The van der Waals surface area contributed by atoms with Crippen molar-refractivity contribution in [1.29, 1.82) is 0 Å². The molecule has 8 nitrogen and oxygen atoms in total. The highest BCUT2D eigenvalue weighted by Crippen LogP contribution is 2.33. The predicted octanol–water partition coefficient (Wildman–Crippen LogP) is 9.91. The van der Waals surface area contributed by atoms with Gasteiger partial charge >= 0.3 is 0 Å². The minimum Gasteiger partial charge on any atom is -0.457 e. The lowest BCUT2D eigenvalue weighted by atomic mass is 10.2. The van der Waals surface area contributed by atoms with Crippen LogP contribution in [0.4, 0.5) is 10.8 Å². The number of nitrogens with zero attached hydrogens (tertiary/aromatic N) is 1. The zero-order valence-corrected chi connectivity index (χ0v) is 29.5. The largest absolute Gasteiger partial charge is 0.457 e. The van der Waals surface area contributed by atoms with Crippen molar-refractivity contribution >= 4 is 80.9 Å². The van der Waals surface area contributed by atoms with Crippen molar-refractivity contribution in [3.8, 4) is 22.6 Å². The Morgan fingerprint density at radius 3 is 2.30 bits per heavy atom. The second-order valence-electron chi connectivity index (χ2n) is 10.8. The molecular formula is C38H28Cl2N4O4S2. The quantitative estimate of drug-likeness (QED) is 0.0901. The molecule has 1 atom stereocenters. The molecule has 6 rings (SSSR count). The molecule has 50 heavy (non-hydrogen) atoms. The maximum atomic E-state index is 13.5. The summed E-state index contributed by atoms with van der Waals surface area (Å²) in [6.07, 6.45) is 1.49. The van der Waals surface area contributed by atoms with Crippen LogP contribution in [0.15, 0.2) is 136 Å². The molecule has 12 heteroatoms. The van der Waals surface area contributed by atoms with Crippen LogP contribution in [0.2, 0.25) is 10.0 Å². The second-order valence-corrected chi connectivity index (χ2v) is 14.0. The normalized spacial score (nSPS) is 11.9. The van der Waals surface area contributed by atoms with Crippen LogP contribution < -0.4 is 16.0 Å². The molecule has 4 aromatic carbocycles. The van der Waals surface area contributed by atoms with E-state index in [9.17, 15) is 14.4 Å². The van der Waals surface area contributed by atoms with Crippen LogP contribution in [0.1, 0.15) is 23.0 Å². The summed E-state index contributed by atoms with van der Waals surface area (Å²) in [5.74, 6) is -0.176. The number of anilines is 2. The number of thiazole rings is 1. The summed E-state index contributed by atoms with van der Waals surface area (Å²) in [6.45, 7) is 1.80. The lowest BCUT2D eigenvalue weighted by Crippen LogP contribution is -2.30. The third-order valence-corrected chi connectivity index (χ3v) is 9.65. The first kappa shape index (κ1) is 34.7. The van der Waals surface area contributed by atoms with E-state index < -0.39 is 17.1 Å². The molecule has 6 aromatic rings. The highest BCUT2D eigenvalue weighted by Gasteiger charge is 2.19. The van der Waals surface area contributed by atoms with E-state index in [0.29, 0.717) is 43.6 Å². The third kappa shape index (κ3) is 8.90. The topological polar surface area (TPSA) is 113 Å². The van der Waals surface area contributed by atoms with E-state index in [1.54, 1.807) is 91.9 Å². The average molecular weight is 740 g/mol. The number of carbonyl (C=O) groups is 3. The van der Waals surface area contributed by atoms with E-state index >= 15 is 0 Å². The van der Waals surface area contributed by atoms with Crippen LogP contribution in [0, 0.1) is 0 Å². The van der Waals surface area contributed by atoms with Crippen molar-refractivity contribution in [2.24, 2.45) is 0 Å². The average Bonchev–Trinajstić information content (AvgIpc) is 3.79. The molecule has 0 aliphatic heterocycles. The Morgan fingerprint density at radius 2 is 1.58 bits per heavy atom. The van der Waals surface area contributed by atoms with Crippen LogP contribution in [-0.4, -0.2) is 28.0 Å². The van der Waals surface area contributed by atoms with Gasteiger partial charge in [0.1, 0.15) is 17.2 Å². The highest BCUT2D eigenvalue weighted by atomic mass is 35.5.